The van der Waals surface area contributed by atoms with E-state index in [1.54, 1.807) is 0 Å². The molecule has 0 spiro atoms. The van der Waals surface area contributed by atoms with E-state index >= 15 is 0 Å². The van der Waals surface area contributed by atoms with Gasteiger partial charge in [0, 0.05) is 35.9 Å². The van der Waals surface area contributed by atoms with Crippen molar-refractivity contribution in [3.8, 4) is 11.1 Å². The zero-order valence-electron chi connectivity index (χ0n) is 19.1. The predicted molar refractivity (Wildman–Crippen MR) is 141 cm³/mol. The van der Waals surface area contributed by atoms with E-state index in [1.165, 1.54) is 27.6 Å². The van der Waals surface area contributed by atoms with Crippen molar-refractivity contribution in [2.24, 2.45) is 0 Å². The first-order valence-corrected chi connectivity index (χ1v) is 11.9. The third-order valence-corrected chi connectivity index (χ3v) is 6.52. The van der Waals surface area contributed by atoms with Crippen LogP contribution in [0.4, 0.5) is 0 Å². The Kier molecular flexibility index (Phi) is 5.68. The van der Waals surface area contributed by atoms with Gasteiger partial charge in [-0.15, -0.1) is 0 Å². The minimum absolute atomic E-state index is 0.836. The Bertz CT molecular complexity index is 1450. The van der Waals surface area contributed by atoms with Crippen molar-refractivity contribution in [2.45, 2.75) is 6.54 Å². The standard InChI is InChI=1S/C30H27N3O/c1-2-4-22(5-3-1)8-12-26-13-14-27-28-20-25(11-15-29(28)32-30(27)31-26)24-9-6-23(7-10-24)21-33-16-18-34-19-17-33/h1-15,20H,16-19,21H2,(H,31,32). The second-order valence-corrected chi connectivity index (χ2v) is 8.85. The molecule has 3 heterocycles. The summed E-state index contributed by atoms with van der Waals surface area (Å²) in [6, 6.07) is 30.1. The second kappa shape index (κ2) is 9.26. The molecule has 1 N–H and O–H groups in total. The Balaban J connectivity index is 1.25. The number of morpholine rings is 1. The first kappa shape index (κ1) is 20.8. The van der Waals surface area contributed by atoms with Crippen LogP contribution in [0, 0.1) is 0 Å². The lowest BCUT2D eigenvalue weighted by Crippen LogP contribution is -2.35. The van der Waals surface area contributed by atoms with E-state index in [0.29, 0.717) is 0 Å². The summed E-state index contributed by atoms with van der Waals surface area (Å²) in [5.74, 6) is 0. The lowest BCUT2D eigenvalue weighted by Gasteiger charge is -2.26. The summed E-state index contributed by atoms with van der Waals surface area (Å²) in [6.45, 7) is 4.68. The van der Waals surface area contributed by atoms with E-state index in [9.17, 15) is 0 Å². The first-order chi connectivity index (χ1) is 16.8. The molecule has 0 saturated carbocycles. The maximum Gasteiger partial charge on any atom is 0.139 e. The average molecular weight is 446 g/mol. The Morgan fingerprint density at radius 2 is 1.59 bits per heavy atom. The number of H-pyrrole nitrogens is 1. The molecule has 2 aromatic heterocycles. The lowest BCUT2D eigenvalue weighted by atomic mass is 10.0. The largest absolute Gasteiger partial charge is 0.379 e. The quantitative estimate of drug-likeness (QED) is 0.341. The normalized spacial score (nSPS) is 14.9. The molecule has 0 unspecified atom stereocenters. The number of benzene rings is 3. The van der Waals surface area contributed by atoms with Crippen molar-refractivity contribution < 1.29 is 4.74 Å². The van der Waals surface area contributed by atoms with Crippen LogP contribution in [0.25, 0.3) is 45.2 Å². The van der Waals surface area contributed by atoms with Crippen molar-refractivity contribution in [1.29, 1.82) is 0 Å². The molecule has 1 aliphatic rings. The Morgan fingerprint density at radius 1 is 0.794 bits per heavy atom. The number of hydrogen-bond acceptors (Lipinski definition) is 3. The monoisotopic (exact) mass is 445 g/mol. The van der Waals surface area contributed by atoms with Crippen LogP contribution in [0.3, 0.4) is 0 Å². The number of aromatic amines is 1. The molecule has 0 radical (unpaired) electrons. The number of ether oxygens (including phenoxy) is 1. The molecule has 1 saturated heterocycles. The van der Waals surface area contributed by atoms with Crippen LogP contribution in [-0.4, -0.2) is 41.2 Å². The number of aromatic nitrogens is 2. The number of nitrogens with zero attached hydrogens (tertiary/aromatic N) is 2. The van der Waals surface area contributed by atoms with E-state index in [4.69, 9.17) is 9.72 Å². The Morgan fingerprint density at radius 3 is 2.41 bits per heavy atom. The first-order valence-electron chi connectivity index (χ1n) is 11.9. The molecule has 3 aromatic carbocycles. The summed E-state index contributed by atoms with van der Waals surface area (Å²) >= 11 is 0. The van der Waals surface area contributed by atoms with E-state index in [0.717, 1.165) is 55.1 Å². The zero-order chi connectivity index (χ0) is 22.7. The molecule has 168 valence electrons. The van der Waals surface area contributed by atoms with Crippen LogP contribution in [-0.2, 0) is 11.3 Å². The predicted octanol–water partition coefficient (Wildman–Crippen LogP) is 6.39. The van der Waals surface area contributed by atoms with Crippen LogP contribution in [0.1, 0.15) is 16.8 Å². The van der Waals surface area contributed by atoms with Gasteiger partial charge in [0.15, 0.2) is 0 Å². The molecule has 0 bridgehead atoms. The number of pyridine rings is 1. The summed E-state index contributed by atoms with van der Waals surface area (Å²) in [5.41, 5.74) is 7.94. The number of rotatable bonds is 5. The molecule has 1 aliphatic heterocycles. The summed E-state index contributed by atoms with van der Waals surface area (Å²) in [7, 11) is 0. The Labute approximate surface area is 199 Å². The van der Waals surface area contributed by atoms with Crippen molar-refractivity contribution in [2.75, 3.05) is 26.3 Å². The summed E-state index contributed by atoms with van der Waals surface area (Å²) < 4.78 is 5.46. The van der Waals surface area contributed by atoms with Crippen LogP contribution < -0.4 is 0 Å². The molecule has 0 amide bonds. The number of fused-ring (bicyclic) bond motifs is 3. The molecule has 5 aromatic rings. The highest BCUT2D eigenvalue weighted by molar-refractivity contribution is 6.07. The molecule has 1 fully saturated rings. The van der Waals surface area contributed by atoms with Crippen molar-refractivity contribution in [3.63, 3.8) is 0 Å². The van der Waals surface area contributed by atoms with Gasteiger partial charge in [-0.25, -0.2) is 4.98 Å². The summed E-state index contributed by atoms with van der Waals surface area (Å²) in [5, 5.41) is 2.36. The Hall–Kier alpha value is -3.73. The molecule has 0 aliphatic carbocycles. The van der Waals surface area contributed by atoms with Gasteiger partial charge in [-0.3, -0.25) is 4.90 Å². The van der Waals surface area contributed by atoms with Crippen molar-refractivity contribution in [1.82, 2.24) is 14.9 Å². The van der Waals surface area contributed by atoms with Crippen molar-refractivity contribution >= 4 is 34.1 Å². The molecule has 6 rings (SSSR count). The number of nitrogens with one attached hydrogen (secondary N) is 1. The van der Waals surface area contributed by atoms with Crippen LogP contribution in [0.15, 0.2) is 84.9 Å². The highest BCUT2D eigenvalue weighted by atomic mass is 16.5. The van der Waals surface area contributed by atoms with Gasteiger partial charge in [0.1, 0.15) is 5.65 Å². The van der Waals surface area contributed by atoms with Gasteiger partial charge in [-0.05, 0) is 52.6 Å². The molecular weight excluding hydrogens is 418 g/mol. The average Bonchev–Trinajstić information content (AvgIpc) is 3.26. The smallest absolute Gasteiger partial charge is 0.139 e. The van der Waals surface area contributed by atoms with Gasteiger partial charge in [0.05, 0.1) is 18.9 Å². The van der Waals surface area contributed by atoms with Gasteiger partial charge in [0.25, 0.3) is 0 Å². The fourth-order valence-corrected chi connectivity index (χ4v) is 4.63. The van der Waals surface area contributed by atoms with E-state index < -0.39 is 0 Å². The van der Waals surface area contributed by atoms with Crippen LogP contribution in [0.2, 0.25) is 0 Å². The minimum Gasteiger partial charge on any atom is -0.379 e. The van der Waals surface area contributed by atoms with E-state index in [1.807, 2.05) is 18.2 Å². The van der Waals surface area contributed by atoms with Crippen LogP contribution in [0.5, 0.6) is 0 Å². The third-order valence-electron chi connectivity index (χ3n) is 6.52. The number of hydrogen-bond donors (Lipinski definition) is 1. The zero-order valence-corrected chi connectivity index (χ0v) is 19.1. The van der Waals surface area contributed by atoms with Gasteiger partial charge >= 0.3 is 0 Å². The highest BCUT2D eigenvalue weighted by Gasteiger charge is 2.11. The fraction of sp³-hybridized carbons (Fsp3) is 0.167. The maximum absolute atomic E-state index is 5.46. The molecule has 34 heavy (non-hydrogen) atoms. The fourth-order valence-electron chi connectivity index (χ4n) is 4.63. The van der Waals surface area contributed by atoms with Gasteiger partial charge in [-0.1, -0.05) is 66.7 Å². The van der Waals surface area contributed by atoms with Gasteiger partial charge in [0.2, 0.25) is 0 Å². The van der Waals surface area contributed by atoms with Crippen molar-refractivity contribution in [3.05, 3.63) is 102 Å². The molecule has 0 atom stereocenters. The van der Waals surface area contributed by atoms with Crippen LogP contribution >= 0.6 is 0 Å². The van der Waals surface area contributed by atoms with Gasteiger partial charge < -0.3 is 9.72 Å². The SMILES string of the molecule is C(=Cc1ccc2c(n1)[nH]c1ccc(-c3ccc(CN4CCOCC4)cc3)cc12)c1ccccc1. The molecular formula is C30H27N3O. The summed E-state index contributed by atoms with van der Waals surface area (Å²) in [4.78, 5) is 10.8. The highest BCUT2D eigenvalue weighted by Crippen LogP contribution is 2.30. The lowest BCUT2D eigenvalue weighted by molar-refractivity contribution is 0.0342. The second-order valence-electron chi connectivity index (χ2n) is 8.85. The summed E-state index contributed by atoms with van der Waals surface area (Å²) in [6.07, 6.45) is 4.15. The van der Waals surface area contributed by atoms with Gasteiger partial charge in [-0.2, -0.15) is 0 Å². The minimum atomic E-state index is 0.836. The van der Waals surface area contributed by atoms with E-state index in [2.05, 4.69) is 88.8 Å². The maximum atomic E-state index is 5.46. The van der Waals surface area contributed by atoms with E-state index in [-0.39, 0.29) is 0 Å². The topological polar surface area (TPSA) is 41.2 Å². The molecule has 4 nitrogen and oxygen atoms in total. The third kappa shape index (κ3) is 4.38. The molecule has 4 heteroatoms.